The quantitative estimate of drug-likeness (QED) is 0.803. The molecule has 2 rings (SSSR count). The second-order valence-electron chi connectivity index (χ2n) is 4.27. The first-order valence-electron chi connectivity index (χ1n) is 6.47. The summed E-state index contributed by atoms with van der Waals surface area (Å²) < 4.78 is 15.7. The minimum absolute atomic E-state index is 0.266. The van der Waals surface area contributed by atoms with Crippen molar-refractivity contribution >= 4 is 5.95 Å². The van der Waals surface area contributed by atoms with Gasteiger partial charge in [-0.05, 0) is 12.8 Å². The standard InChI is InChI=1S/C12H20N4O3/c1-4-9-5-7-19-8-6-16(9)10-13-11(17-2)15-12(14-10)18-3/h9H,4-8H2,1-3H3. The number of anilines is 1. The van der Waals surface area contributed by atoms with E-state index in [2.05, 4.69) is 26.8 Å². The van der Waals surface area contributed by atoms with Gasteiger partial charge in [0.15, 0.2) is 0 Å². The van der Waals surface area contributed by atoms with Gasteiger partial charge in [0, 0.05) is 19.2 Å². The molecule has 1 unspecified atom stereocenters. The molecule has 0 aliphatic carbocycles. The van der Waals surface area contributed by atoms with Crippen LogP contribution >= 0.6 is 0 Å². The van der Waals surface area contributed by atoms with Crippen molar-refractivity contribution in [1.29, 1.82) is 0 Å². The van der Waals surface area contributed by atoms with Crippen molar-refractivity contribution in [3.05, 3.63) is 0 Å². The zero-order valence-corrected chi connectivity index (χ0v) is 11.6. The van der Waals surface area contributed by atoms with E-state index in [1.54, 1.807) is 0 Å². The van der Waals surface area contributed by atoms with Crippen LogP contribution in [-0.4, -0.2) is 55.0 Å². The molecule has 0 spiro atoms. The van der Waals surface area contributed by atoms with Gasteiger partial charge in [-0.2, -0.15) is 9.97 Å². The van der Waals surface area contributed by atoms with Gasteiger partial charge >= 0.3 is 12.0 Å². The summed E-state index contributed by atoms with van der Waals surface area (Å²) >= 11 is 0. The Morgan fingerprint density at radius 2 is 1.84 bits per heavy atom. The molecule has 0 amide bonds. The molecule has 1 aromatic heterocycles. The molecule has 19 heavy (non-hydrogen) atoms. The van der Waals surface area contributed by atoms with E-state index in [9.17, 15) is 0 Å². The maximum atomic E-state index is 5.52. The second-order valence-corrected chi connectivity index (χ2v) is 4.27. The molecule has 0 bridgehead atoms. The Labute approximate surface area is 112 Å². The summed E-state index contributed by atoms with van der Waals surface area (Å²) in [5, 5.41) is 0. The maximum Gasteiger partial charge on any atom is 0.324 e. The molecule has 7 heteroatoms. The van der Waals surface area contributed by atoms with Crippen LogP contribution in [0, 0.1) is 0 Å². The van der Waals surface area contributed by atoms with Crippen molar-refractivity contribution in [2.75, 3.05) is 38.9 Å². The van der Waals surface area contributed by atoms with Crippen molar-refractivity contribution in [2.24, 2.45) is 0 Å². The highest BCUT2D eigenvalue weighted by Crippen LogP contribution is 2.22. The smallest absolute Gasteiger partial charge is 0.324 e. The lowest BCUT2D eigenvalue weighted by atomic mass is 10.1. The predicted octanol–water partition coefficient (Wildman–Crippen LogP) is 0.894. The number of hydrogen-bond donors (Lipinski definition) is 0. The summed E-state index contributed by atoms with van der Waals surface area (Å²) in [6.07, 6.45) is 1.98. The first kappa shape index (κ1) is 13.8. The largest absolute Gasteiger partial charge is 0.467 e. The molecule has 0 aromatic carbocycles. The lowest BCUT2D eigenvalue weighted by Crippen LogP contribution is -2.37. The zero-order chi connectivity index (χ0) is 13.7. The molecule has 1 fully saturated rings. The monoisotopic (exact) mass is 268 g/mol. The third kappa shape index (κ3) is 3.23. The fraction of sp³-hybridized carbons (Fsp3) is 0.750. The first-order valence-corrected chi connectivity index (χ1v) is 6.47. The van der Waals surface area contributed by atoms with E-state index in [0.717, 1.165) is 26.0 Å². The fourth-order valence-electron chi connectivity index (χ4n) is 2.15. The van der Waals surface area contributed by atoms with Crippen LogP contribution in [0.25, 0.3) is 0 Å². The highest BCUT2D eigenvalue weighted by atomic mass is 16.5. The zero-order valence-electron chi connectivity index (χ0n) is 11.6. The molecule has 1 atom stereocenters. The third-order valence-corrected chi connectivity index (χ3v) is 3.19. The van der Waals surface area contributed by atoms with E-state index in [1.165, 1.54) is 14.2 Å². The average Bonchev–Trinajstić information content (AvgIpc) is 2.71. The van der Waals surface area contributed by atoms with Crippen LogP contribution in [0.5, 0.6) is 12.0 Å². The number of methoxy groups -OCH3 is 2. The molecular weight excluding hydrogens is 248 g/mol. The second kappa shape index (κ2) is 6.51. The van der Waals surface area contributed by atoms with Gasteiger partial charge in [0.05, 0.1) is 20.8 Å². The highest BCUT2D eigenvalue weighted by Gasteiger charge is 2.23. The van der Waals surface area contributed by atoms with Crippen molar-refractivity contribution in [3.63, 3.8) is 0 Å². The van der Waals surface area contributed by atoms with E-state index in [-0.39, 0.29) is 12.0 Å². The number of ether oxygens (including phenoxy) is 3. The molecule has 2 heterocycles. The van der Waals surface area contributed by atoms with E-state index in [4.69, 9.17) is 14.2 Å². The summed E-state index contributed by atoms with van der Waals surface area (Å²) in [5.74, 6) is 0.584. The Hall–Kier alpha value is -1.63. The number of rotatable bonds is 4. The van der Waals surface area contributed by atoms with Crippen LogP contribution in [-0.2, 0) is 4.74 Å². The van der Waals surface area contributed by atoms with Crippen molar-refractivity contribution in [2.45, 2.75) is 25.8 Å². The normalized spacial score (nSPS) is 19.9. The molecule has 0 radical (unpaired) electrons. The van der Waals surface area contributed by atoms with Crippen molar-refractivity contribution in [3.8, 4) is 12.0 Å². The Kier molecular flexibility index (Phi) is 4.73. The van der Waals surface area contributed by atoms with Crippen molar-refractivity contribution in [1.82, 2.24) is 15.0 Å². The number of aromatic nitrogens is 3. The van der Waals surface area contributed by atoms with Gasteiger partial charge in [0.25, 0.3) is 0 Å². The molecule has 106 valence electrons. The molecule has 0 saturated carbocycles. The lowest BCUT2D eigenvalue weighted by molar-refractivity contribution is 0.150. The van der Waals surface area contributed by atoms with Gasteiger partial charge in [-0.15, -0.1) is 4.98 Å². The first-order chi connectivity index (χ1) is 9.28. The number of hydrogen-bond acceptors (Lipinski definition) is 7. The maximum absolute atomic E-state index is 5.52. The molecule has 1 aliphatic rings. The average molecular weight is 268 g/mol. The van der Waals surface area contributed by atoms with E-state index in [0.29, 0.717) is 18.6 Å². The van der Waals surface area contributed by atoms with Gasteiger partial charge < -0.3 is 19.1 Å². The summed E-state index contributed by atoms with van der Waals surface area (Å²) in [6.45, 7) is 4.36. The van der Waals surface area contributed by atoms with Crippen LogP contribution < -0.4 is 14.4 Å². The summed E-state index contributed by atoms with van der Waals surface area (Å²) in [7, 11) is 3.06. The Bertz CT molecular complexity index is 394. The van der Waals surface area contributed by atoms with Crippen LogP contribution in [0.3, 0.4) is 0 Å². The van der Waals surface area contributed by atoms with Crippen LogP contribution in [0.1, 0.15) is 19.8 Å². The predicted molar refractivity (Wildman–Crippen MR) is 69.8 cm³/mol. The Balaban J connectivity index is 2.31. The van der Waals surface area contributed by atoms with E-state index in [1.807, 2.05) is 0 Å². The van der Waals surface area contributed by atoms with Crippen LogP contribution in [0.2, 0.25) is 0 Å². The topological polar surface area (TPSA) is 69.6 Å². The summed E-state index contributed by atoms with van der Waals surface area (Å²) in [4.78, 5) is 14.8. The molecule has 0 N–H and O–H groups in total. The summed E-state index contributed by atoms with van der Waals surface area (Å²) in [5.41, 5.74) is 0. The van der Waals surface area contributed by atoms with E-state index < -0.39 is 0 Å². The van der Waals surface area contributed by atoms with Gasteiger partial charge in [0.1, 0.15) is 0 Å². The lowest BCUT2D eigenvalue weighted by Gasteiger charge is -2.28. The van der Waals surface area contributed by atoms with Gasteiger partial charge in [-0.25, -0.2) is 0 Å². The molecule has 1 aromatic rings. The SMILES string of the molecule is CCC1CCOCCN1c1nc(OC)nc(OC)n1. The Morgan fingerprint density at radius 1 is 1.16 bits per heavy atom. The summed E-state index contributed by atoms with van der Waals surface area (Å²) in [6, 6.07) is 0.892. The minimum Gasteiger partial charge on any atom is -0.467 e. The molecule has 1 aliphatic heterocycles. The van der Waals surface area contributed by atoms with Crippen molar-refractivity contribution < 1.29 is 14.2 Å². The van der Waals surface area contributed by atoms with Crippen LogP contribution in [0.4, 0.5) is 5.95 Å². The third-order valence-electron chi connectivity index (χ3n) is 3.19. The fourth-order valence-corrected chi connectivity index (χ4v) is 2.15. The van der Waals surface area contributed by atoms with Crippen LogP contribution in [0.15, 0.2) is 0 Å². The van der Waals surface area contributed by atoms with Gasteiger partial charge in [-0.1, -0.05) is 6.92 Å². The van der Waals surface area contributed by atoms with Gasteiger partial charge in [0.2, 0.25) is 5.95 Å². The molecule has 1 saturated heterocycles. The highest BCUT2D eigenvalue weighted by molar-refractivity contribution is 5.34. The minimum atomic E-state index is 0.266. The number of nitrogens with zero attached hydrogens (tertiary/aromatic N) is 4. The van der Waals surface area contributed by atoms with Gasteiger partial charge in [-0.3, -0.25) is 0 Å². The molecule has 7 nitrogen and oxygen atoms in total. The Morgan fingerprint density at radius 3 is 2.42 bits per heavy atom. The molecular formula is C12H20N4O3. The van der Waals surface area contributed by atoms with E-state index >= 15 is 0 Å².